The van der Waals surface area contributed by atoms with Gasteiger partial charge in [0, 0.05) is 21.4 Å². The number of hydrogen-bond donors (Lipinski definition) is 1. The molecule has 0 aliphatic heterocycles. The van der Waals surface area contributed by atoms with Gasteiger partial charge in [0.15, 0.2) is 5.69 Å². The zero-order valence-corrected chi connectivity index (χ0v) is 17.9. The fraction of sp³-hybridized carbons (Fsp3) is 0.300. The van der Waals surface area contributed by atoms with E-state index in [9.17, 15) is 14.0 Å². The van der Waals surface area contributed by atoms with Gasteiger partial charge in [-0.25, -0.2) is 4.39 Å². The maximum absolute atomic E-state index is 14.4. The van der Waals surface area contributed by atoms with Crippen molar-refractivity contribution in [1.82, 2.24) is 19.8 Å². The fourth-order valence-electron chi connectivity index (χ4n) is 2.80. The SMILES string of the molecule is CC(C)(C)NC(=O)[C@@H](c1cccs1)N(Cc1ccccc1F)C(=O)c1csnn1. The number of nitrogens with one attached hydrogen (secondary N) is 1. The first-order valence-electron chi connectivity index (χ1n) is 8.93. The zero-order chi connectivity index (χ0) is 21.0. The third-order valence-electron chi connectivity index (χ3n) is 4.01. The summed E-state index contributed by atoms with van der Waals surface area (Å²) in [6, 6.07) is 8.88. The van der Waals surface area contributed by atoms with Gasteiger partial charge in [-0.2, -0.15) is 0 Å². The van der Waals surface area contributed by atoms with Crippen molar-refractivity contribution >= 4 is 34.7 Å². The molecule has 0 unspecified atom stereocenters. The molecular weight excluding hydrogens is 411 g/mol. The van der Waals surface area contributed by atoms with E-state index >= 15 is 0 Å². The molecule has 1 atom stereocenters. The topological polar surface area (TPSA) is 75.2 Å². The van der Waals surface area contributed by atoms with Crippen LogP contribution >= 0.6 is 22.9 Å². The first kappa shape index (κ1) is 21.1. The molecular formula is C20H21FN4O2S2. The van der Waals surface area contributed by atoms with Crippen molar-refractivity contribution in [3.05, 3.63) is 69.1 Å². The third-order valence-corrected chi connectivity index (χ3v) is 5.44. The molecule has 3 aromatic rings. The molecule has 1 N–H and O–H groups in total. The van der Waals surface area contributed by atoms with Gasteiger partial charge in [-0.15, -0.1) is 16.4 Å². The quantitative estimate of drug-likeness (QED) is 0.638. The summed E-state index contributed by atoms with van der Waals surface area (Å²) in [5.41, 5.74) is -0.0628. The largest absolute Gasteiger partial charge is 0.349 e. The van der Waals surface area contributed by atoms with E-state index in [-0.39, 0.29) is 18.1 Å². The van der Waals surface area contributed by atoms with Crippen molar-refractivity contribution in [3.8, 4) is 0 Å². The van der Waals surface area contributed by atoms with Gasteiger partial charge in [0.05, 0.1) is 6.54 Å². The van der Waals surface area contributed by atoms with Crippen LogP contribution in [0.2, 0.25) is 0 Å². The molecule has 0 radical (unpaired) electrons. The van der Waals surface area contributed by atoms with Crippen molar-refractivity contribution in [2.45, 2.75) is 38.9 Å². The number of nitrogens with zero attached hydrogens (tertiary/aromatic N) is 3. The Labute approximate surface area is 176 Å². The van der Waals surface area contributed by atoms with Gasteiger partial charge in [-0.3, -0.25) is 9.59 Å². The molecule has 3 rings (SSSR count). The average Bonchev–Trinajstić information content (AvgIpc) is 3.35. The monoisotopic (exact) mass is 432 g/mol. The molecule has 2 amide bonds. The summed E-state index contributed by atoms with van der Waals surface area (Å²) < 4.78 is 18.1. The Bertz CT molecular complexity index is 969. The summed E-state index contributed by atoms with van der Waals surface area (Å²) in [4.78, 5) is 28.5. The van der Waals surface area contributed by atoms with Gasteiger partial charge in [0.2, 0.25) is 5.91 Å². The first-order valence-corrected chi connectivity index (χ1v) is 10.6. The lowest BCUT2D eigenvalue weighted by Gasteiger charge is -2.32. The second kappa shape index (κ2) is 8.79. The van der Waals surface area contributed by atoms with Crippen LogP contribution in [0.1, 0.15) is 47.7 Å². The normalized spacial score (nSPS) is 12.4. The van der Waals surface area contributed by atoms with Crippen LogP contribution in [0, 0.1) is 5.82 Å². The second-order valence-electron chi connectivity index (χ2n) is 7.47. The molecule has 0 bridgehead atoms. The molecule has 0 aliphatic carbocycles. The highest BCUT2D eigenvalue weighted by Gasteiger charge is 2.35. The van der Waals surface area contributed by atoms with Crippen molar-refractivity contribution in [2.24, 2.45) is 0 Å². The first-order chi connectivity index (χ1) is 13.8. The zero-order valence-electron chi connectivity index (χ0n) is 16.3. The summed E-state index contributed by atoms with van der Waals surface area (Å²) in [6.07, 6.45) is 0. The predicted molar refractivity (Wildman–Crippen MR) is 111 cm³/mol. The Hall–Kier alpha value is -2.65. The smallest absolute Gasteiger partial charge is 0.276 e. The van der Waals surface area contributed by atoms with Gasteiger partial charge >= 0.3 is 0 Å². The third kappa shape index (κ3) is 5.24. The summed E-state index contributed by atoms with van der Waals surface area (Å²) in [7, 11) is 0. The number of hydrogen-bond acceptors (Lipinski definition) is 6. The number of benzene rings is 1. The molecule has 2 aromatic heterocycles. The highest BCUT2D eigenvalue weighted by atomic mass is 32.1. The molecule has 9 heteroatoms. The van der Waals surface area contributed by atoms with Crippen LogP contribution in [0.15, 0.2) is 47.2 Å². The van der Waals surface area contributed by atoms with Gasteiger partial charge in [-0.05, 0) is 49.8 Å². The Morgan fingerprint density at radius 2 is 1.97 bits per heavy atom. The van der Waals surface area contributed by atoms with E-state index in [0.29, 0.717) is 10.4 Å². The lowest BCUT2D eigenvalue weighted by atomic mass is 10.1. The minimum atomic E-state index is -0.928. The van der Waals surface area contributed by atoms with Crippen molar-refractivity contribution in [1.29, 1.82) is 0 Å². The second-order valence-corrected chi connectivity index (χ2v) is 9.06. The number of amides is 2. The molecule has 0 saturated carbocycles. The van der Waals surface area contributed by atoms with Gasteiger partial charge in [-0.1, -0.05) is 28.8 Å². The number of rotatable bonds is 6. The highest BCUT2D eigenvalue weighted by Crippen LogP contribution is 2.30. The number of halogens is 1. The minimum Gasteiger partial charge on any atom is -0.349 e. The molecule has 6 nitrogen and oxygen atoms in total. The predicted octanol–water partition coefficient (Wildman–Crippen LogP) is 4.04. The molecule has 152 valence electrons. The van der Waals surface area contributed by atoms with Crippen LogP contribution in [0.25, 0.3) is 0 Å². The molecule has 0 aliphatic rings. The highest BCUT2D eigenvalue weighted by molar-refractivity contribution is 7.10. The van der Waals surface area contributed by atoms with Gasteiger partial charge < -0.3 is 10.2 Å². The van der Waals surface area contributed by atoms with E-state index in [1.54, 1.807) is 24.3 Å². The van der Waals surface area contributed by atoms with Crippen LogP contribution in [-0.2, 0) is 11.3 Å². The van der Waals surface area contributed by atoms with Crippen molar-refractivity contribution in [2.75, 3.05) is 0 Å². The van der Waals surface area contributed by atoms with E-state index in [1.807, 2.05) is 32.2 Å². The number of thiophene rings is 1. The maximum Gasteiger partial charge on any atom is 0.276 e. The molecule has 0 fully saturated rings. The Kier molecular flexibility index (Phi) is 6.39. The average molecular weight is 433 g/mol. The van der Waals surface area contributed by atoms with Crippen LogP contribution < -0.4 is 5.32 Å². The van der Waals surface area contributed by atoms with E-state index in [1.165, 1.54) is 27.7 Å². The van der Waals surface area contributed by atoms with Crippen LogP contribution in [-0.4, -0.2) is 31.8 Å². The van der Waals surface area contributed by atoms with Crippen LogP contribution in [0.5, 0.6) is 0 Å². The van der Waals surface area contributed by atoms with Gasteiger partial charge in [0.25, 0.3) is 5.91 Å². The fourth-order valence-corrected chi connectivity index (χ4v) is 4.07. The Morgan fingerprint density at radius 1 is 1.21 bits per heavy atom. The van der Waals surface area contributed by atoms with Crippen molar-refractivity contribution < 1.29 is 14.0 Å². The van der Waals surface area contributed by atoms with E-state index in [0.717, 1.165) is 11.5 Å². The van der Waals surface area contributed by atoms with Crippen LogP contribution in [0.3, 0.4) is 0 Å². The lowest BCUT2D eigenvalue weighted by molar-refractivity contribution is -0.127. The van der Waals surface area contributed by atoms with Crippen LogP contribution in [0.4, 0.5) is 4.39 Å². The van der Waals surface area contributed by atoms with E-state index < -0.39 is 23.3 Å². The molecule has 2 heterocycles. The van der Waals surface area contributed by atoms with E-state index in [4.69, 9.17) is 0 Å². The molecule has 0 saturated heterocycles. The number of carbonyl (C=O) groups excluding carboxylic acids is 2. The summed E-state index contributed by atoms with van der Waals surface area (Å²) >= 11 is 2.40. The standard InChI is InChI=1S/C20H21FN4O2S2/c1-20(2,3)22-18(26)17(16-9-6-10-28-16)25(19(27)15-12-29-24-23-15)11-13-7-4-5-8-14(13)21/h4-10,12,17H,11H2,1-3H3,(H,22,26)/t17-/m1/s1. The van der Waals surface area contributed by atoms with Gasteiger partial charge in [0.1, 0.15) is 11.9 Å². The number of aromatic nitrogens is 2. The summed E-state index contributed by atoms with van der Waals surface area (Å²) in [5.74, 6) is -1.26. The Balaban J connectivity index is 2.05. The molecule has 1 aromatic carbocycles. The van der Waals surface area contributed by atoms with Crippen molar-refractivity contribution in [3.63, 3.8) is 0 Å². The summed E-state index contributed by atoms with van der Waals surface area (Å²) in [6.45, 7) is 5.51. The minimum absolute atomic E-state index is 0.0802. The maximum atomic E-state index is 14.4. The molecule has 0 spiro atoms. The number of carbonyl (C=O) groups is 2. The summed E-state index contributed by atoms with van der Waals surface area (Å²) in [5, 5.41) is 10.1. The lowest BCUT2D eigenvalue weighted by Crippen LogP contribution is -2.49. The van der Waals surface area contributed by atoms with E-state index in [2.05, 4.69) is 14.9 Å². The Morgan fingerprint density at radius 3 is 2.55 bits per heavy atom. The molecule has 29 heavy (non-hydrogen) atoms.